The molecule has 40 heavy (non-hydrogen) atoms. The van der Waals surface area contributed by atoms with Crippen LogP contribution < -0.4 is 15.4 Å². The standard InChI is InChI=1S/C29H37ClN4O6/c1-17(2)40-25-11-10-21(15-23(25)30)28(37)31-22(12-13-35)14-19-6-8-20(9-7-19)24-16-34(4)27(32-24)26(18(3)36)33-29(38)39-5/h6-11,15-18,22,26,35-36H,12-14H2,1-5H3,(H,31,37)(H,33,38)/t18-,22+,26-/m0/s1. The fourth-order valence-corrected chi connectivity index (χ4v) is 4.46. The molecule has 1 aromatic heterocycles. The SMILES string of the molecule is COC(=O)N[C@H](c1nc(-c2ccc(C[C@@H](CCO)NC(=O)c3ccc(OC(C)C)c(Cl)c3)cc2)cn1C)[C@H](C)O. The maximum Gasteiger partial charge on any atom is 0.407 e. The van der Waals surface area contributed by atoms with Crippen LogP contribution in [-0.2, 0) is 18.2 Å². The maximum atomic E-state index is 12.9. The van der Waals surface area contributed by atoms with Crippen LogP contribution in [0.25, 0.3) is 11.3 Å². The second-order valence-corrected chi connectivity index (χ2v) is 10.3. The average molecular weight is 573 g/mol. The number of methoxy groups -OCH3 is 1. The number of aromatic nitrogens is 2. The number of amides is 2. The summed E-state index contributed by atoms with van der Waals surface area (Å²) in [7, 11) is 3.04. The van der Waals surface area contributed by atoms with E-state index < -0.39 is 18.2 Å². The zero-order valence-electron chi connectivity index (χ0n) is 23.3. The summed E-state index contributed by atoms with van der Waals surface area (Å²) in [5.74, 6) is 0.706. The van der Waals surface area contributed by atoms with Gasteiger partial charge in [0, 0.05) is 37.0 Å². The van der Waals surface area contributed by atoms with E-state index in [1.165, 1.54) is 7.11 Å². The highest BCUT2D eigenvalue weighted by Crippen LogP contribution is 2.27. The highest BCUT2D eigenvalue weighted by Gasteiger charge is 2.25. The van der Waals surface area contributed by atoms with Gasteiger partial charge in [0.1, 0.15) is 17.6 Å². The number of aryl methyl sites for hydroxylation is 1. The predicted molar refractivity (Wildman–Crippen MR) is 152 cm³/mol. The van der Waals surface area contributed by atoms with Crippen LogP contribution in [0.5, 0.6) is 5.75 Å². The van der Waals surface area contributed by atoms with Crippen molar-refractivity contribution in [3.8, 4) is 17.0 Å². The third kappa shape index (κ3) is 8.20. The highest BCUT2D eigenvalue weighted by atomic mass is 35.5. The molecule has 0 unspecified atom stereocenters. The molecule has 0 bridgehead atoms. The Hall–Kier alpha value is -3.60. The fraction of sp³-hybridized carbons (Fsp3) is 0.414. The van der Waals surface area contributed by atoms with Crippen LogP contribution in [0.4, 0.5) is 4.79 Å². The number of alkyl carbamates (subject to hydrolysis) is 1. The monoisotopic (exact) mass is 572 g/mol. The largest absolute Gasteiger partial charge is 0.489 e. The number of hydrogen-bond acceptors (Lipinski definition) is 7. The first kappa shape index (κ1) is 30.9. The van der Waals surface area contributed by atoms with Gasteiger partial charge in [-0.1, -0.05) is 35.9 Å². The molecule has 0 aliphatic heterocycles. The van der Waals surface area contributed by atoms with Crippen molar-refractivity contribution in [3.63, 3.8) is 0 Å². The van der Waals surface area contributed by atoms with Gasteiger partial charge >= 0.3 is 6.09 Å². The molecule has 0 aliphatic carbocycles. The average Bonchev–Trinajstić information content (AvgIpc) is 3.29. The van der Waals surface area contributed by atoms with Crippen molar-refractivity contribution in [2.24, 2.45) is 7.05 Å². The zero-order chi connectivity index (χ0) is 29.4. The summed E-state index contributed by atoms with van der Waals surface area (Å²) in [5, 5.41) is 25.7. The number of nitrogens with one attached hydrogen (secondary N) is 2. The van der Waals surface area contributed by atoms with Gasteiger partial charge in [-0.25, -0.2) is 9.78 Å². The smallest absolute Gasteiger partial charge is 0.407 e. The summed E-state index contributed by atoms with van der Waals surface area (Å²) < 4.78 is 12.0. The molecular formula is C29H37ClN4O6. The minimum Gasteiger partial charge on any atom is -0.489 e. The Morgan fingerprint density at radius 1 is 1.10 bits per heavy atom. The number of halogens is 1. The zero-order valence-corrected chi connectivity index (χ0v) is 24.1. The van der Waals surface area contributed by atoms with Gasteiger partial charge in [0.25, 0.3) is 5.91 Å². The Kier molecular flexibility index (Phi) is 10.9. The third-order valence-corrected chi connectivity index (χ3v) is 6.53. The van der Waals surface area contributed by atoms with Crippen molar-refractivity contribution in [3.05, 3.63) is 70.6 Å². The van der Waals surface area contributed by atoms with Crippen LogP contribution >= 0.6 is 11.6 Å². The lowest BCUT2D eigenvalue weighted by molar-refractivity contribution is 0.0930. The number of aliphatic hydroxyl groups is 2. The van der Waals surface area contributed by atoms with Crippen LogP contribution in [0.3, 0.4) is 0 Å². The molecule has 2 amide bonds. The number of benzene rings is 2. The van der Waals surface area contributed by atoms with Gasteiger partial charge < -0.3 is 34.9 Å². The molecular weight excluding hydrogens is 536 g/mol. The lowest BCUT2D eigenvalue weighted by Crippen LogP contribution is -2.37. The number of nitrogens with zero attached hydrogens (tertiary/aromatic N) is 2. The number of carbonyl (C=O) groups excluding carboxylic acids is 2. The molecule has 216 valence electrons. The van der Waals surface area contributed by atoms with E-state index in [2.05, 4.69) is 20.4 Å². The van der Waals surface area contributed by atoms with E-state index in [0.29, 0.717) is 40.7 Å². The van der Waals surface area contributed by atoms with E-state index in [4.69, 9.17) is 16.3 Å². The van der Waals surface area contributed by atoms with Crippen molar-refractivity contribution in [2.75, 3.05) is 13.7 Å². The van der Waals surface area contributed by atoms with Crippen molar-refractivity contribution >= 4 is 23.6 Å². The number of carbonyl (C=O) groups is 2. The van der Waals surface area contributed by atoms with Crippen LogP contribution in [-0.4, -0.2) is 63.7 Å². The molecule has 11 heteroatoms. The van der Waals surface area contributed by atoms with Gasteiger partial charge in [0.05, 0.1) is 30.0 Å². The van der Waals surface area contributed by atoms with Crippen LogP contribution in [0.1, 0.15) is 55.0 Å². The number of hydrogen-bond donors (Lipinski definition) is 4. The Morgan fingerprint density at radius 3 is 2.38 bits per heavy atom. The van der Waals surface area contributed by atoms with E-state index >= 15 is 0 Å². The molecule has 3 rings (SSSR count). The topological polar surface area (TPSA) is 135 Å². The van der Waals surface area contributed by atoms with E-state index in [-0.39, 0.29) is 24.7 Å². The minimum atomic E-state index is -0.892. The number of rotatable bonds is 12. The van der Waals surface area contributed by atoms with E-state index in [1.54, 1.807) is 36.7 Å². The van der Waals surface area contributed by atoms with E-state index in [0.717, 1.165) is 11.1 Å². The van der Waals surface area contributed by atoms with Crippen LogP contribution in [0, 0.1) is 0 Å². The van der Waals surface area contributed by atoms with Gasteiger partial charge in [-0.2, -0.15) is 0 Å². The Labute approximate surface area is 239 Å². The quantitative estimate of drug-likeness (QED) is 0.257. The Morgan fingerprint density at radius 2 is 1.80 bits per heavy atom. The molecule has 3 aromatic rings. The van der Waals surface area contributed by atoms with Crippen molar-refractivity contribution in [1.82, 2.24) is 20.2 Å². The molecule has 0 saturated heterocycles. The van der Waals surface area contributed by atoms with Gasteiger partial charge in [-0.3, -0.25) is 4.79 Å². The molecule has 0 radical (unpaired) electrons. The molecule has 3 atom stereocenters. The minimum absolute atomic E-state index is 0.0399. The van der Waals surface area contributed by atoms with Crippen LogP contribution in [0.15, 0.2) is 48.7 Å². The van der Waals surface area contributed by atoms with Gasteiger partial charge in [-0.05, 0) is 57.4 Å². The maximum absolute atomic E-state index is 12.9. The second kappa shape index (κ2) is 14.2. The summed E-state index contributed by atoms with van der Waals surface area (Å²) in [5.41, 5.74) is 2.88. The normalized spacial score (nSPS) is 13.4. The predicted octanol–water partition coefficient (Wildman–Crippen LogP) is 4.03. The van der Waals surface area contributed by atoms with E-state index in [9.17, 15) is 19.8 Å². The molecule has 0 saturated carbocycles. The lowest BCUT2D eigenvalue weighted by atomic mass is 10.0. The molecule has 10 nitrogen and oxygen atoms in total. The van der Waals surface area contributed by atoms with Crippen molar-refractivity contribution in [1.29, 1.82) is 0 Å². The second-order valence-electron chi connectivity index (χ2n) is 9.84. The highest BCUT2D eigenvalue weighted by molar-refractivity contribution is 6.32. The first-order chi connectivity index (χ1) is 19.0. The van der Waals surface area contributed by atoms with E-state index in [1.807, 2.05) is 44.3 Å². The molecule has 0 fully saturated rings. The molecule has 0 spiro atoms. The Bertz CT molecular complexity index is 1290. The third-order valence-electron chi connectivity index (χ3n) is 6.23. The van der Waals surface area contributed by atoms with Gasteiger partial charge in [0.15, 0.2) is 0 Å². The van der Waals surface area contributed by atoms with Crippen molar-refractivity contribution in [2.45, 2.75) is 57.9 Å². The summed E-state index contributed by atoms with van der Waals surface area (Å²) in [6.07, 6.45) is 1.11. The molecule has 4 N–H and O–H groups in total. The number of ether oxygens (including phenoxy) is 2. The first-order valence-electron chi connectivity index (χ1n) is 13.0. The molecule has 2 aromatic carbocycles. The van der Waals surface area contributed by atoms with Gasteiger partial charge in [0.2, 0.25) is 0 Å². The summed E-state index contributed by atoms with van der Waals surface area (Å²) in [6.45, 7) is 5.28. The molecule has 1 heterocycles. The van der Waals surface area contributed by atoms with Crippen molar-refractivity contribution < 1.29 is 29.3 Å². The summed E-state index contributed by atoms with van der Waals surface area (Å²) >= 11 is 6.29. The fourth-order valence-electron chi connectivity index (χ4n) is 4.23. The summed E-state index contributed by atoms with van der Waals surface area (Å²) in [6, 6.07) is 11.6. The molecule has 0 aliphatic rings. The number of imidazole rings is 1. The number of aliphatic hydroxyl groups excluding tert-OH is 2. The van der Waals surface area contributed by atoms with Crippen LogP contribution in [0.2, 0.25) is 5.02 Å². The van der Waals surface area contributed by atoms with Gasteiger partial charge in [-0.15, -0.1) is 0 Å². The lowest BCUT2D eigenvalue weighted by Gasteiger charge is -2.20. The first-order valence-corrected chi connectivity index (χ1v) is 13.4. The Balaban J connectivity index is 1.71. The summed E-state index contributed by atoms with van der Waals surface area (Å²) in [4.78, 5) is 29.3.